The van der Waals surface area contributed by atoms with Crippen LogP contribution in [0.5, 0.6) is 0 Å². The smallest absolute Gasteiger partial charge is 0.233 e. The largest absolute Gasteiger partial charge is 0.295 e. The summed E-state index contributed by atoms with van der Waals surface area (Å²) in [5.41, 5.74) is 2.25. The van der Waals surface area contributed by atoms with Crippen molar-refractivity contribution in [2.24, 2.45) is 0 Å². The molecule has 0 radical (unpaired) electrons. The van der Waals surface area contributed by atoms with Crippen molar-refractivity contribution in [1.82, 2.24) is 9.62 Å². The minimum absolute atomic E-state index is 0.165. The topological polar surface area (TPSA) is 49.4 Å². The zero-order valence-corrected chi connectivity index (χ0v) is 15.3. The number of benzene rings is 1. The van der Waals surface area contributed by atoms with Crippen molar-refractivity contribution in [3.05, 3.63) is 63.2 Å². The van der Waals surface area contributed by atoms with Gasteiger partial charge in [0.05, 0.1) is 0 Å². The Balaban J connectivity index is 1.54. The fourth-order valence-electron chi connectivity index (χ4n) is 2.79. The number of nitrogens with zero attached hydrogens (tertiary/aromatic N) is 1. The summed E-state index contributed by atoms with van der Waals surface area (Å²) in [5.74, 6) is 0. The van der Waals surface area contributed by atoms with Crippen LogP contribution in [0.3, 0.4) is 0 Å². The Bertz CT molecular complexity index is 797. The van der Waals surface area contributed by atoms with Crippen molar-refractivity contribution >= 4 is 27.4 Å². The number of hydrogen-bond donors (Lipinski definition) is 1. The number of nitrogens with one attached hydrogen (secondary N) is 1. The summed E-state index contributed by atoms with van der Waals surface area (Å²) >= 11 is 1.81. The van der Waals surface area contributed by atoms with Crippen LogP contribution in [0.15, 0.2) is 47.2 Å². The van der Waals surface area contributed by atoms with Gasteiger partial charge in [-0.05, 0) is 42.0 Å². The summed E-state index contributed by atoms with van der Waals surface area (Å²) in [6.07, 6.45) is 2.67. The fraction of sp³-hybridized carbons (Fsp3) is 0.333. The zero-order valence-electron chi connectivity index (χ0n) is 13.7. The molecule has 0 saturated carbocycles. The molecule has 0 bridgehead atoms. The number of hydrogen-bond acceptors (Lipinski definition) is 4. The van der Waals surface area contributed by atoms with Gasteiger partial charge in [0.1, 0.15) is 0 Å². The molecule has 2 aromatic rings. The van der Waals surface area contributed by atoms with Crippen molar-refractivity contribution in [2.75, 3.05) is 13.1 Å². The molecule has 0 fully saturated rings. The average Bonchev–Trinajstić information content (AvgIpc) is 3.07. The monoisotopic (exact) mass is 362 g/mol. The highest BCUT2D eigenvalue weighted by molar-refractivity contribution is 7.92. The van der Waals surface area contributed by atoms with Gasteiger partial charge in [0, 0.05) is 36.0 Å². The molecule has 1 aromatic heterocycles. The molecule has 24 heavy (non-hydrogen) atoms. The quantitative estimate of drug-likeness (QED) is 0.859. The van der Waals surface area contributed by atoms with E-state index in [1.807, 2.05) is 41.7 Å². The predicted molar refractivity (Wildman–Crippen MR) is 100 cm³/mol. The zero-order chi connectivity index (χ0) is 17.0. The molecule has 3 rings (SSSR count). The molecule has 6 heteroatoms. The maximum Gasteiger partial charge on any atom is 0.233 e. The molecular formula is C18H22N2O2S2. The van der Waals surface area contributed by atoms with Gasteiger partial charge in [-0.3, -0.25) is 4.90 Å². The van der Waals surface area contributed by atoms with Crippen LogP contribution in [0, 0.1) is 0 Å². The minimum atomic E-state index is -3.42. The number of fused-ring (bicyclic) bond motifs is 1. The Morgan fingerprint density at radius 3 is 2.88 bits per heavy atom. The van der Waals surface area contributed by atoms with Gasteiger partial charge >= 0.3 is 0 Å². The van der Waals surface area contributed by atoms with Gasteiger partial charge in [0.15, 0.2) is 0 Å². The van der Waals surface area contributed by atoms with E-state index in [1.54, 1.807) is 6.08 Å². The van der Waals surface area contributed by atoms with E-state index in [0.717, 1.165) is 25.1 Å². The van der Waals surface area contributed by atoms with Crippen LogP contribution >= 0.6 is 11.3 Å². The third kappa shape index (κ3) is 4.54. The predicted octanol–water partition coefficient (Wildman–Crippen LogP) is 3.09. The first kappa shape index (κ1) is 17.4. The lowest BCUT2D eigenvalue weighted by Crippen LogP contribution is -2.43. The first-order valence-electron chi connectivity index (χ1n) is 8.05. The second-order valence-electron chi connectivity index (χ2n) is 6.05. The van der Waals surface area contributed by atoms with Gasteiger partial charge in [-0.1, -0.05) is 30.3 Å². The van der Waals surface area contributed by atoms with Gasteiger partial charge in [-0.2, -0.15) is 0 Å². The molecule has 0 amide bonds. The number of rotatable bonds is 6. The van der Waals surface area contributed by atoms with E-state index in [-0.39, 0.29) is 6.04 Å². The second-order valence-corrected chi connectivity index (χ2v) is 8.70. The number of sulfonamides is 1. The molecule has 1 unspecified atom stereocenters. The maximum absolute atomic E-state index is 12.1. The first-order chi connectivity index (χ1) is 11.5. The molecule has 0 saturated heterocycles. The third-order valence-electron chi connectivity index (χ3n) is 4.28. The minimum Gasteiger partial charge on any atom is -0.295 e. The summed E-state index contributed by atoms with van der Waals surface area (Å²) in [6.45, 7) is 4.37. The Labute approximate surface area is 147 Å². The van der Waals surface area contributed by atoms with Crippen LogP contribution in [-0.2, 0) is 23.0 Å². The average molecular weight is 363 g/mol. The SMILES string of the molecule is CC(CNS(=O)(=O)C=Cc1ccccc1)N1CCc2sccc2C1. The first-order valence-corrected chi connectivity index (χ1v) is 10.5. The van der Waals surface area contributed by atoms with Crippen LogP contribution in [0.1, 0.15) is 22.9 Å². The van der Waals surface area contributed by atoms with E-state index >= 15 is 0 Å². The maximum atomic E-state index is 12.1. The fourth-order valence-corrected chi connectivity index (χ4v) is 4.59. The third-order valence-corrected chi connectivity index (χ3v) is 6.37. The van der Waals surface area contributed by atoms with Crippen LogP contribution in [-0.4, -0.2) is 32.4 Å². The van der Waals surface area contributed by atoms with Crippen molar-refractivity contribution in [1.29, 1.82) is 0 Å². The second kappa shape index (κ2) is 7.61. The molecule has 0 spiro atoms. The lowest BCUT2D eigenvalue weighted by atomic mass is 10.1. The van der Waals surface area contributed by atoms with Gasteiger partial charge in [-0.15, -0.1) is 11.3 Å². The highest BCUT2D eigenvalue weighted by Crippen LogP contribution is 2.25. The molecule has 4 nitrogen and oxygen atoms in total. The van der Waals surface area contributed by atoms with Crippen LogP contribution in [0.2, 0.25) is 0 Å². The van der Waals surface area contributed by atoms with E-state index in [0.29, 0.717) is 6.54 Å². The van der Waals surface area contributed by atoms with Crippen molar-refractivity contribution in [2.45, 2.75) is 25.9 Å². The normalized spacial score (nSPS) is 17.0. The van der Waals surface area contributed by atoms with Crippen LogP contribution in [0.25, 0.3) is 6.08 Å². The summed E-state index contributed by atoms with van der Waals surface area (Å²) < 4.78 is 27.0. The molecule has 1 aromatic carbocycles. The molecular weight excluding hydrogens is 340 g/mol. The van der Waals surface area contributed by atoms with Crippen LogP contribution in [0.4, 0.5) is 0 Å². The summed E-state index contributed by atoms with van der Waals surface area (Å²) in [4.78, 5) is 3.79. The standard InChI is InChI=1S/C18H22N2O2S2/c1-15(20-10-7-18-17(14-20)8-11-23-18)13-19-24(21,22)12-9-16-5-3-2-4-6-16/h2-6,8-9,11-12,15,19H,7,10,13-14H2,1H3. The van der Waals surface area contributed by atoms with Crippen molar-refractivity contribution < 1.29 is 8.42 Å². The van der Waals surface area contributed by atoms with Gasteiger partial charge < -0.3 is 0 Å². The highest BCUT2D eigenvalue weighted by Gasteiger charge is 2.22. The van der Waals surface area contributed by atoms with E-state index in [2.05, 4.69) is 28.0 Å². The van der Waals surface area contributed by atoms with E-state index < -0.39 is 10.0 Å². The van der Waals surface area contributed by atoms with Crippen molar-refractivity contribution in [3.63, 3.8) is 0 Å². The highest BCUT2D eigenvalue weighted by atomic mass is 32.2. The number of thiophene rings is 1. The Hall–Kier alpha value is -1.47. The van der Waals surface area contributed by atoms with E-state index in [4.69, 9.17) is 0 Å². The van der Waals surface area contributed by atoms with Gasteiger partial charge in [0.25, 0.3) is 0 Å². The summed E-state index contributed by atoms with van der Waals surface area (Å²) in [6, 6.07) is 11.8. The molecule has 1 aliphatic rings. The molecule has 2 heterocycles. The molecule has 1 aliphatic heterocycles. The van der Waals surface area contributed by atoms with Crippen LogP contribution < -0.4 is 4.72 Å². The molecule has 1 N–H and O–H groups in total. The summed E-state index contributed by atoms with van der Waals surface area (Å²) in [7, 11) is -3.42. The lowest BCUT2D eigenvalue weighted by molar-refractivity contribution is 0.193. The summed E-state index contributed by atoms with van der Waals surface area (Å²) in [5, 5.41) is 3.37. The Morgan fingerprint density at radius 1 is 1.29 bits per heavy atom. The lowest BCUT2D eigenvalue weighted by Gasteiger charge is -2.32. The van der Waals surface area contributed by atoms with Gasteiger partial charge in [-0.25, -0.2) is 13.1 Å². The van der Waals surface area contributed by atoms with E-state index in [9.17, 15) is 8.42 Å². The van der Waals surface area contributed by atoms with Gasteiger partial charge in [0.2, 0.25) is 10.0 Å². The molecule has 1 atom stereocenters. The van der Waals surface area contributed by atoms with E-state index in [1.165, 1.54) is 15.8 Å². The Kier molecular flexibility index (Phi) is 5.50. The molecule has 128 valence electrons. The molecule has 0 aliphatic carbocycles. The Morgan fingerprint density at radius 2 is 2.08 bits per heavy atom. The van der Waals surface area contributed by atoms with Crippen molar-refractivity contribution in [3.8, 4) is 0 Å².